The Morgan fingerprint density at radius 1 is 1.17 bits per heavy atom. The van der Waals surface area contributed by atoms with Crippen LogP contribution in [-0.4, -0.2) is 41.9 Å². The van der Waals surface area contributed by atoms with Gasteiger partial charge >= 0.3 is 0 Å². The van der Waals surface area contributed by atoms with Crippen LogP contribution in [0.5, 0.6) is 0 Å². The van der Waals surface area contributed by atoms with Crippen molar-refractivity contribution in [3.8, 4) is 11.3 Å². The van der Waals surface area contributed by atoms with E-state index in [9.17, 15) is 17.6 Å². The van der Waals surface area contributed by atoms with Crippen molar-refractivity contribution in [3.63, 3.8) is 0 Å². The van der Waals surface area contributed by atoms with Crippen LogP contribution >= 0.6 is 11.6 Å². The van der Waals surface area contributed by atoms with Gasteiger partial charge in [-0.2, -0.15) is 0 Å². The number of rotatable bonds is 5. The van der Waals surface area contributed by atoms with Crippen LogP contribution in [0.3, 0.4) is 0 Å². The fraction of sp³-hybridized carbons (Fsp3) is 0.238. The highest BCUT2D eigenvalue weighted by molar-refractivity contribution is 7.91. The van der Waals surface area contributed by atoms with E-state index in [1.807, 2.05) is 0 Å². The standard InChI is InChI=1S/C21H18ClFN2O4S/c22-16-5-3-15(4-6-16)20-11-19(24-29-20)21(26)25(18-9-10-30(27,28)13-18)12-14-1-7-17(23)8-2-14/h1-8,11,18H,9-10,12-13H2/t18-/m1/s1. The lowest BCUT2D eigenvalue weighted by Gasteiger charge is -2.27. The summed E-state index contributed by atoms with van der Waals surface area (Å²) in [5.74, 6) is -0.507. The van der Waals surface area contributed by atoms with Crippen LogP contribution in [0.4, 0.5) is 4.39 Å². The lowest BCUT2D eigenvalue weighted by molar-refractivity contribution is 0.0670. The third-order valence-electron chi connectivity index (χ3n) is 5.03. The molecule has 30 heavy (non-hydrogen) atoms. The minimum Gasteiger partial charge on any atom is -0.355 e. The summed E-state index contributed by atoms with van der Waals surface area (Å²) in [5.41, 5.74) is 1.47. The van der Waals surface area contributed by atoms with E-state index in [0.29, 0.717) is 28.3 Å². The SMILES string of the molecule is O=C(c1cc(-c2ccc(Cl)cc2)on1)N(Cc1ccc(F)cc1)[C@@H]1CCS(=O)(=O)C1. The molecule has 0 unspecified atom stereocenters. The van der Waals surface area contributed by atoms with Crippen LogP contribution in [0.1, 0.15) is 22.5 Å². The Hall–Kier alpha value is -2.71. The molecule has 1 aliphatic heterocycles. The molecule has 0 spiro atoms. The molecular formula is C21H18ClFN2O4S. The Morgan fingerprint density at radius 3 is 2.50 bits per heavy atom. The second-order valence-electron chi connectivity index (χ2n) is 7.20. The monoisotopic (exact) mass is 448 g/mol. The molecule has 0 saturated carbocycles. The lowest BCUT2D eigenvalue weighted by Crippen LogP contribution is -2.40. The average Bonchev–Trinajstić information content (AvgIpc) is 3.34. The molecule has 2 heterocycles. The molecule has 1 aromatic heterocycles. The molecule has 0 bridgehead atoms. The summed E-state index contributed by atoms with van der Waals surface area (Å²) < 4.78 is 42.5. The summed E-state index contributed by atoms with van der Waals surface area (Å²) >= 11 is 5.90. The second kappa shape index (κ2) is 8.20. The number of hydrogen-bond acceptors (Lipinski definition) is 5. The van der Waals surface area contributed by atoms with E-state index in [0.717, 1.165) is 0 Å². The summed E-state index contributed by atoms with van der Waals surface area (Å²) in [5, 5.41) is 4.46. The van der Waals surface area contributed by atoms with Crippen molar-refractivity contribution in [3.05, 3.63) is 76.7 Å². The van der Waals surface area contributed by atoms with Crippen LogP contribution in [0.15, 0.2) is 59.1 Å². The van der Waals surface area contributed by atoms with E-state index in [2.05, 4.69) is 5.16 Å². The van der Waals surface area contributed by atoms with E-state index >= 15 is 0 Å². The second-order valence-corrected chi connectivity index (χ2v) is 9.86. The molecule has 156 valence electrons. The minimum atomic E-state index is -3.21. The first-order valence-electron chi connectivity index (χ1n) is 9.29. The molecule has 9 heteroatoms. The summed E-state index contributed by atoms with van der Waals surface area (Å²) in [6.45, 7) is 0.141. The van der Waals surface area contributed by atoms with Gasteiger partial charge in [0.25, 0.3) is 5.91 Å². The van der Waals surface area contributed by atoms with Gasteiger partial charge in [-0.1, -0.05) is 28.9 Å². The number of amides is 1. The Morgan fingerprint density at radius 2 is 1.87 bits per heavy atom. The highest BCUT2D eigenvalue weighted by Gasteiger charge is 2.36. The van der Waals surface area contributed by atoms with Gasteiger partial charge in [0.05, 0.1) is 11.5 Å². The Labute approximate surface area is 178 Å². The summed E-state index contributed by atoms with van der Waals surface area (Å²) in [6, 6.07) is 13.7. The number of benzene rings is 2. The Balaban J connectivity index is 1.62. The predicted molar refractivity (Wildman–Crippen MR) is 110 cm³/mol. The van der Waals surface area contributed by atoms with Crippen LogP contribution in [0.25, 0.3) is 11.3 Å². The van der Waals surface area contributed by atoms with Crippen molar-refractivity contribution in [2.24, 2.45) is 0 Å². The Bertz CT molecular complexity index is 1160. The highest BCUT2D eigenvalue weighted by atomic mass is 35.5. The number of aromatic nitrogens is 1. The molecule has 0 aliphatic carbocycles. The first-order chi connectivity index (χ1) is 14.3. The third kappa shape index (κ3) is 4.55. The van der Waals surface area contributed by atoms with E-state index < -0.39 is 21.8 Å². The molecule has 0 N–H and O–H groups in total. The summed E-state index contributed by atoms with van der Waals surface area (Å²) in [7, 11) is -3.21. The zero-order valence-corrected chi connectivity index (χ0v) is 17.4. The van der Waals surface area contributed by atoms with E-state index in [1.54, 1.807) is 36.4 Å². The van der Waals surface area contributed by atoms with Gasteiger partial charge in [-0.05, 0) is 48.4 Å². The smallest absolute Gasteiger partial charge is 0.276 e. The number of nitrogens with zero attached hydrogens (tertiary/aromatic N) is 2. The maximum atomic E-state index is 13.2. The van der Waals surface area contributed by atoms with Crippen molar-refractivity contribution < 1.29 is 22.1 Å². The van der Waals surface area contributed by atoms with Gasteiger partial charge in [-0.3, -0.25) is 4.79 Å². The van der Waals surface area contributed by atoms with Crippen molar-refractivity contribution in [1.82, 2.24) is 10.1 Å². The van der Waals surface area contributed by atoms with Gasteiger partial charge in [0.15, 0.2) is 21.3 Å². The van der Waals surface area contributed by atoms with Crippen molar-refractivity contribution in [2.75, 3.05) is 11.5 Å². The number of sulfone groups is 1. The lowest BCUT2D eigenvalue weighted by atomic mass is 10.1. The fourth-order valence-electron chi connectivity index (χ4n) is 3.45. The highest BCUT2D eigenvalue weighted by Crippen LogP contribution is 2.26. The molecule has 1 saturated heterocycles. The summed E-state index contributed by atoms with van der Waals surface area (Å²) in [4.78, 5) is 14.7. The quantitative estimate of drug-likeness (QED) is 0.590. The van der Waals surface area contributed by atoms with Crippen LogP contribution in [0.2, 0.25) is 5.02 Å². The molecule has 2 aromatic carbocycles. The van der Waals surface area contributed by atoms with E-state index in [-0.39, 0.29) is 29.6 Å². The number of carbonyl (C=O) groups excluding carboxylic acids is 1. The van der Waals surface area contributed by atoms with Gasteiger partial charge < -0.3 is 9.42 Å². The topological polar surface area (TPSA) is 80.5 Å². The predicted octanol–water partition coefficient (Wildman–Crippen LogP) is 3.96. The van der Waals surface area contributed by atoms with E-state index in [4.69, 9.17) is 16.1 Å². The van der Waals surface area contributed by atoms with Gasteiger partial charge in [-0.15, -0.1) is 0 Å². The molecule has 1 aliphatic rings. The Kier molecular flexibility index (Phi) is 5.62. The molecule has 1 atom stereocenters. The third-order valence-corrected chi connectivity index (χ3v) is 7.04. The largest absolute Gasteiger partial charge is 0.355 e. The van der Waals surface area contributed by atoms with Gasteiger partial charge in [-0.25, -0.2) is 12.8 Å². The number of halogens is 2. The molecule has 3 aromatic rings. The van der Waals surface area contributed by atoms with Crippen molar-refractivity contribution in [1.29, 1.82) is 0 Å². The van der Waals surface area contributed by atoms with Crippen LogP contribution in [0, 0.1) is 5.82 Å². The first-order valence-corrected chi connectivity index (χ1v) is 11.5. The van der Waals surface area contributed by atoms with Crippen molar-refractivity contribution in [2.45, 2.75) is 19.0 Å². The fourth-order valence-corrected chi connectivity index (χ4v) is 5.30. The molecule has 0 radical (unpaired) electrons. The normalized spacial score (nSPS) is 17.7. The van der Waals surface area contributed by atoms with Gasteiger partial charge in [0.2, 0.25) is 0 Å². The summed E-state index contributed by atoms with van der Waals surface area (Å²) in [6.07, 6.45) is 0.344. The molecule has 1 fully saturated rings. The zero-order valence-electron chi connectivity index (χ0n) is 15.8. The van der Waals surface area contributed by atoms with E-state index in [1.165, 1.54) is 23.1 Å². The molecular weight excluding hydrogens is 431 g/mol. The van der Waals surface area contributed by atoms with Crippen LogP contribution in [-0.2, 0) is 16.4 Å². The van der Waals surface area contributed by atoms with Crippen LogP contribution < -0.4 is 0 Å². The molecule has 1 amide bonds. The first kappa shape index (κ1) is 20.6. The average molecular weight is 449 g/mol. The zero-order chi connectivity index (χ0) is 21.3. The van der Waals surface area contributed by atoms with Crippen molar-refractivity contribution >= 4 is 27.3 Å². The maximum Gasteiger partial charge on any atom is 0.276 e. The number of carbonyl (C=O) groups is 1. The molecule has 6 nitrogen and oxygen atoms in total. The minimum absolute atomic E-state index is 0.0275. The van der Waals surface area contributed by atoms with Gasteiger partial charge in [0, 0.05) is 29.2 Å². The van der Waals surface area contributed by atoms with Gasteiger partial charge in [0.1, 0.15) is 5.82 Å². The molecule has 4 rings (SSSR count). The maximum absolute atomic E-state index is 13.2. The number of hydrogen-bond donors (Lipinski definition) is 0.